The average Bonchev–Trinajstić information content (AvgIpc) is 2.63. The van der Waals surface area contributed by atoms with E-state index in [1.807, 2.05) is 0 Å². The molecule has 90 valence electrons. The Morgan fingerprint density at radius 1 is 1.07 bits per heavy atom. The standard InChI is InChI=1S/C11H20Cl2O2/c1-11(2)7(5-9(12)13)8(11)6-10(14-3)15-4/h7-10H,5-6H2,1-4H3/t7-,8+/m1/s1. The van der Waals surface area contributed by atoms with Crippen molar-refractivity contribution in [3.8, 4) is 0 Å². The van der Waals surface area contributed by atoms with Crippen LogP contribution in [-0.2, 0) is 9.47 Å². The van der Waals surface area contributed by atoms with E-state index in [0.29, 0.717) is 17.3 Å². The normalized spacial score (nSPS) is 28.8. The highest BCUT2D eigenvalue weighted by atomic mass is 35.5. The summed E-state index contributed by atoms with van der Waals surface area (Å²) in [6.45, 7) is 4.50. The Kier molecular flexibility index (Phi) is 4.72. The van der Waals surface area contributed by atoms with Crippen molar-refractivity contribution in [3.63, 3.8) is 0 Å². The Morgan fingerprint density at radius 3 is 1.93 bits per heavy atom. The molecule has 1 rings (SSSR count). The van der Waals surface area contributed by atoms with Gasteiger partial charge in [-0.1, -0.05) is 13.8 Å². The molecule has 1 aliphatic rings. The fourth-order valence-corrected chi connectivity index (χ4v) is 2.87. The van der Waals surface area contributed by atoms with Crippen LogP contribution in [0.1, 0.15) is 26.7 Å². The van der Waals surface area contributed by atoms with Crippen LogP contribution in [0.5, 0.6) is 0 Å². The SMILES string of the molecule is COC(C[C@H]1[C@@H](CC(Cl)Cl)C1(C)C)OC. The quantitative estimate of drug-likeness (QED) is 0.534. The molecule has 0 aromatic carbocycles. The second kappa shape index (κ2) is 5.22. The molecule has 0 radical (unpaired) electrons. The fourth-order valence-electron chi connectivity index (χ4n) is 2.48. The zero-order valence-electron chi connectivity index (χ0n) is 9.80. The maximum Gasteiger partial charge on any atom is 0.157 e. The smallest absolute Gasteiger partial charge is 0.157 e. The number of methoxy groups -OCH3 is 2. The minimum atomic E-state index is -0.261. The number of halogens is 2. The molecule has 0 unspecified atom stereocenters. The summed E-state index contributed by atoms with van der Waals surface area (Å²) in [6, 6.07) is 0. The first-order valence-corrected chi connectivity index (χ1v) is 6.14. The van der Waals surface area contributed by atoms with Gasteiger partial charge in [-0.3, -0.25) is 0 Å². The van der Waals surface area contributed by atoms with Gasteiger partial charge in [-0.2, -0.15) is 0 Å². The summed E-state index contributed by atoms with van der Waals surface area (Å²) in [4.78, 5) is -0.261. The summed E-state index contributed by atoms with van der Waals surface area (Å²) in [6.07, 6.45) is 1.68. The van der Waals surface area contributed by atoms with E-state index in [-0.39, 0.29) is 11.1 Å². The molecule has 0 spiro atoms. The number of alkyl halides is 2. The predicted molar refractivity (Wildman–Crippen MR) is 63.3 cm³/mol. The first kappa shape index (κ1) is 13.6. The first-order valence-electron chi connectivity index (χ1n) is 5.27. The van der Waals surface area contributed by atoms with E-state index in [1.54, 1.807) is 14.2 Å². The van der Waals surface area contributed by atoms with Crippen LogP contribution in [0.15, 0.2) is 0 Å². The monoisotopic (exact) mass is 254 g/mol. The first-order chi connectivity index (χ1) is 6.93. The lowest BCUT2D eigenvalue weighted by atomic mass is 10.1. The van der Waals surface area contributed by atoms with Gasteiger partial charge in [-0.15, -0.1) is 23.2 Å². The second-order valence-corrected chi connectivity index (χ2v) is 6.07. The van der Waals surface area contributed by atoms with Crippen molar-refractivity contribution in [3.05, 3.63) is 0 Å². The average molecular weight is 255 g/mol. The summed E-state index contributed by atoms with van der Waals surface area (Å²) in [7, 11) is 3.34. The number of hydrogen-bond donors (Lipinski definition) is 0. The minimum Gasteiger partial charge on any atom is -0.356 e. The van der Waals surface area contributed by atoms with Crippen molar-refractivity contribution < 1.29 is 9.47 Å². The van der Waals surface area contributed by atoms with Gasteiger partial charge in [-0.05, 0) is 23.7 Å². The molecule has 0 aromatic heterocycles. The highest BCUT2D eigenvalue weighted by Gasteiger charge is 2.57. The molecule has 0 N–H and O–H groups in total. The summed E-state index contributed by atoms with van der Waals surface area (Å²) >= 11 is 11.6. The van der Waals surface area contributed by atoms with Crippen molar-refractivity contribution in [2.45, 2.75) is 37.8 Å². The second-order valence-electron chi connectivity index (χ2n) is 4.80. The van der Waals surface area contributed by atoms with Crippen LogP contribution in [0.2, 0.25) is 0 Å². The fraction of sp³-hybridized carbons (Fsp3) is 1.00. The van der Waals surface area contributed by atoms with Crippen LogP contribution >= 0.6 is 23.2 Å². The molecule has 2 atom stereocenters. The molecule has 0 saturated heterocycles. The van der Waals surface area contributed by atoms with Gasteiger partial charge in [0, 0.05) is 20.6 Å². The Labute approximate surface area is 102 Å². The van der Waals surface area contributed by atoms with Gasteiger partial charge in [0.15, 0.2) is 6.29 Å². The van der Waals surface area contributed by atoms with Crippen LogP contribution in [0.4, 0.5) is 0 Å². The zero-order chi connectivity index (χ0) is 11.6. The highest BCUT2D eigenvalue weighted by molar-refractivity contribution is 6.44. The van der Waals surface area contributed by atoms with Gasteiger partial charge >= 0.3 is 0 Å². The lowest BCUT2D eigenvalue weighted by Gasteiger charge is -2.13. The largest absolute Gasteiger partial charge is 0.356 e. The number of ether oxygens (including phenoxy) is 2. The number of rotatable bonds is 6. The third-order valence-electron chi connectivity index (χ3n) is 3.69. The lowest BCUT2D eigenvalue weighted by Crippen LogP contribution is -2.14. The molecular weight excluding hydrogens is 235 g/mol. The molecule has 15 heavy (non-hydrogen) atoms. The van der Waals surface area contributed by atoms with E-state index < -0.39 is 0 Å². The van der Waals surface area contributed by atoms with E-state index in [4.69, 9.17) is 32.7 Å². The molecule has 2 nitrogen and oxygen atoms in total. The van der Waals surface area contributed by atoms with Crippen LogP contribution in [0.3, 0.4) is 0 Å². The van der Waals surface area contributed by atoms with Gasteiger partial charge in [0.1, 0.15) is 4.84 Å². The van der Waals surface area contributed by atoms with Crippen molar-refractivity contribution in [1.29, 1.82) is 0 Å². The maximum absolute atomic E-state index is 5.81. The van der Waals surface area contributed by atoms with E-state index in [1.165, 1.54) is 0 Å². The van der Waals surface area contributed by atoms with Gasteiger partial charge in [0.05, 0.1) is 0 Å². The molecule has 1 fully saturated rings. The van der Waals surface area contributed by atoms with Crippen LogP contribution in [0.25, 0.3) is 0 Å². The Bertz CT molecular complexity index is 203. The van der Waals surface area contributed by atoms with Crippen LogP contribution < -0.4 is 0 Å². The predicted octanol–water partition coefficient (Wildman–Crippen LogP) is 3.46. The summed E-state index contributed by atoms with van der Waals surface area (Å²) in [5.41, 5.74) is 0.317. The molecule has 0 bridgehead atoms. The van der Waals surface area contributed by atoms with E-state index in [9.17, 15) is 0 Å². The lowest BCUT2D eigenvalue weighted by molar-refractivity contribution is -0.110. The summed E-state index contributed by atoms with van der Waals surface area (Å²) in [5, 5.41) is 0. The van der Waals surface area contributed by atoms with Crippen LogP contribution in [0, 0.1) is 17.3 Å². The molecule has 0 amide bonds. The van der Waals surface area contributed by atoms with Gasteiger partial charge in [0.25, 0.3) is 0 Å². The molecule has 1 saturated carbocycles. The zero-order valence-corrected chi connectivity index (χ0v) is 11.3. The van der Waals surface area contributed by atoms with Gasteiger partial charge in [-0.25, -0.2) is 0 Å². The van der Waals surface area contributed by atoms with Crippen molar-refractivity contribution >= 4 is 23.2 Å². The third kappa shape index (κ3) is 3.23. The molecular formula is C11H20Cl2O2. The molecule has 0 aromatic rings. The topological polar surface area (TPSA) is 18.5 Å². The third-order valence-corrected chi connectivity index (χ3v) is 4.05. The molecule has 4 heteroatoms. The summed E-state index contributed by atoms with van der Waals surface area (Å²) < 4.78 is 10.4. The van der Waals surface area contributed by atoms with E-state index in [0.717, 1.165) is 12.8 Å². The van der Waals surface area contributed by atoms with E-state index >= 15 is 0 Å². The van der Waals surface area contributed by atoms with Gasteiger partial charge in [0.2, 0.25) is 0 Å². The van der Waals surface area contributed by atoms with Crippen molar-refractivity contribution in [1.82, 2.24) is 0 Å². The minimum absolute atomic E-state index is 0.108. The van der Waals surface area contributed by atoms with Gasteiger partial charge < -0.3 is 9.47 Å². The highest BCUT2D eigenvalue weighted by Crippen LogP contribution is 2.62. The Balaban J connectivity index is 2.43. The molecule has 0 heterocycles. The molecule has 0 aliphatic heterocycles. The molecule has 1 aliphatic carbocycles. The van der Waals surface area contributed by atoms with Crippen LogP contribution in [-0.4, -0.2) is 25.3 Å². The van der Waals surface area contributed by atoms with Crippen molar-refractivity contribution in [2.75, 3.05) is 14.2 Å². The Hall–Kier alpha value is 0.500. The van der Waals surface area contributed by atoms with E-state index in [2.05, 4.69) is 13.8 Å². The Morgan fingerprint density at radius 2 is 1.53 bits per heavy atom. The number of hydrogen-bond acceptors (Lipinski definition) is 2. The van der Waals surface area contributed by atoms with Crippen molar-refractivity contribution in [2.24, 2.45) is 17.3 Å². The maximum atomic E-state index is 5.81. The summed E-state index contributed by atoms with van der Waals surface area (Å²) in [5.74, 6) is 1.19.